The molecule has 17 heavy (non-hydrogen) atoms. The lowest BCUT2D eigenvalue weighted by Crippen LogP contribution is -2.40. The van der Waals surface area contributed by atoms with Gasteiger partial charge >= 0.3 is 0 Å². The molecule has 0 radical (unpaired) electrons. The summed E-state index contributed by atoms with van der Waals surface area (Å²) in [6, 6.07) is 0.0725. The molecule has 0 saturated carbocycles. The van der Waals surface area contributed by atoms with E-state index in [1.165, 1.54) is 5.75 Å². The monoisotopic (exact) mass is 280 g/mol. The predicted molar refractivity (Wildman–Crippen MR) is 78.1 cm³/mol. The fourth-order valence-electron chi connectivity index (χ4n) is 1.74. The van der Waals surface area contributed by atoms with Crippen molar-refractivity contribution in [2.45, 2.75) is 39.2 Å². The summed E-state index contributed by atoms with van der Waals surface area (Å²) in [6.07, 6.45) is 3.20. The fraction of sp³-hybridized carbons (Fsp3) is 0.917. The maximum absolute atomic E-state index is 11.6. The highest BCUT2D eigenvalue weighted by Crippen LogP contribution is 2.08. The lowest BCUT2D eigenvalue weighted by atomic mass is 10.2. The van der Waals surface area contributed by atoms with Crippen LogP contribution in [0, 0.1) is 5.92 Å². The topological polar surface area (TPSA) is 41.1 Å². The molecule has 3 nitrogen and oxygen atoms in total. The maximum Gasteiger partial charge on any atom is 0.237 e. The van der Waals surface area contributed by atoms with Crippen LogP contribution in [0.15, 0.2) is 0 Å². The summed E-state index contributed by atoms with van der Waals surface area (Å²) in [5, 5.41) is 6.20. The van der Waals surface area contributed by atoms with E-state index < -0.39 is 0 Å². The number of carbonyl (C=O) groups excluding carboxylic acids is 1. The highest BCUT2D eigenvalue weighted by atomic mass is 35.5. The van der Waals surface area contributed by atoms with E-state index in [4.69, 9.17) is 0 Å². The van der Waals surface area contributed by atoms with Gasteiger partial charge in [-0.25, -0.2) is 0 Å². The van der Waals surface area contributed by atoms with E-state index in [9.17, 15) is 4.79 Å². The number of rotatable bonds is 7. The molecule has 1 amide bonds. The summed E-state index contributed by atoms with van der Waals surface area (Å²) in [5.41, 5.74) is 0. The minimum atomic E-state index is 0. The van der Waals surface area contributed by atoms with Crippen molar-refractivity contribution in [3.05, 3.63) is 0 Å². The van der Waals surface area contributed by atoms with Gasteiger partial charge in [-0.15, -0.1) is 12.4 Å². The van der Waals surface area contributed by atoms with Crippen molar-refractivity contribution in [1.82, 2.24) is 10.6 Å². The number of halogens is 1. The molecule has 2 N–H and O–H groups in total. The molecule has 1 atom stereocenters. The molecule has 0 aromatic heterocycles. The molecule has 0 aromatic carbocycles. The van der Waals surface area contributed by atoms with Crippen molar-refractivity contribution in [3.8, 4) is 0 Å². The fourth-order valence-corrected chi connectivity index (χ4v) is 2.72. The Bertz CT molecular complexity index is 209. The SMILES string of the molecule is CC(C)CSCCCNC(=O)C1CCCN1.Cl. The van der Waals surface area contributed by atoms with Crippen LogP contribution >= 0.6 is 24.2 Å². The molecule has 1 fully saturated rings. The molecule has 0 bridgehead atoms. The summed E-state index contributed by atoms with van der Waals surface area (Å²) in [6.45, 7) is 6.28. The second kappa shape index (κ2) is 10.0. The van der Waals surface area contributed by atoms with Crippen LogP contribution in [0.1, 0.15) is 33.1 Å². The van der Waals surface area contributed by atoms with Crippen molar-refractivity contribution in [2.75, 3.05) is 24.6 Å². The first kappa shape index (κ1) is 17.1. The van der Waals surface area contributed by atoms with Crippen molar-refractivity contribution in [2.24, 2.45) is 5.92 Å². The number of nitrogens with one attached hydrogen (secondary N) is 2. The van der Waals surface area contributed by atoms with Crippen molar-refractivity contribution < 1.29 is 4.79 Å². The molecule has 1 rings (SSSR count). The van der Waals surface area contributed by atoms with Gasteiger partial charge in [0.2, 0.25) is 5.91 Å². The van der Waals surface area contributed by atoms with Gasteiger partial charge in [-0.05, 0) is 43.2 Å². The Morgan fingerprint density at radius 3 is 2.88 bits per heavy atom. The second-order valence-corrected chi connectivity index (χ2v) is 5.91. The molecule has 102 valence electrons. The van der Waals surface area contributed by atoms with Crippen molar-refractivity contribution in [3.63, 3.8) is 0 Å². The Morgan fingerprint density at radius 1 is 1.53 bits per heavy atom. The first-order chi connectivity index (χ1) is 7.70. The van der Waals surface area contributed by atoms with E-state index in [1.54, 1.807) is 0 Å². The van der Waals surface area contributed by atoms with Crippen LogP contribution in [0.5, 0.6) is 0 Å². The molecular formula is C12H25ClN2OS. The zero-order valence-corrected chi connectivity index (χ0v) is 12.5. The molecular weight excluding hydrogens is 256 g/mol. The van der Waals surface area contributed by atoms with E-state index >= 15 is 0 Å². The Morgan fingerprint density at radius 2 is 2.29 bits per heavy atom. The number of carbonyl (C=O) groups is 1. The van der Waals surface area contributed by atoms with Gasteiger partial charge in [-0.3, -0.25) is 4.79 Å². The number of hydrogen-bond acceptors (Lipinski definition) is 3. The third-order valence-electron chi connectivity index (χ3n) is 2.59. The minimum Gasteiger partial charge on any atom is -0.355 e. The Hall–Kier alpha value is 0.0700. The van der Waals surface area contributed by atoms with Gasteiger partial charge in [0, 0.05) is 6.54 Å². The molecule has 0 aromatic rings. The summed E-state index contributed by atoms with van der Waals surface area (Å²) in [7, 11) is 0. The number of hydrogen-bond donors (Lipinski definition) is 2. The zero-order chi connectivity index (χ0) is 11.8. The molecule has 0 spiro atoms. The first-order valence-electron chi connectivity index (χ1n) is 6.29. The van der Waals surface area contributed by atoms with E-state index in [2.05, 4.69) is 24.5 Å². The average molecular weight is 281 g/mol. The second-order valence-electron chi connectivity index (χ2n) is 4.76. The largest absolute Gasteiger partial charge is 0.355 e. The summed E-state index contributed by atoms with van der Waals surface area (Å²) < 4.78 is 0. The van der Waals surface area contributed by atoms with Gasteiger partial charge in [0.25, 0.3) is 0 Å². The average Bonchev–Trinajstić information content (AvgIpc) is 2.75. The van der Waals surface area contributed by atoms with E-state index in [-0.39, 0.29) is 24.4 Å². The third-order valence-corrected chi connectivity index (χ3v) is 4.07. The predicted octanol–water partition coefficient (Wildman–Crippen LogP) is 2.06. The zero-order valence-electron chi connectivity index (χ0n) is 10.8. The highest BCUT2D eigenvalue weighted by molar-refractivity contribution is 7.99. The van der Waals surface area contributed by atoms with E-state index in [0.717, 1.165) is 44.0 Å². The van der Waals surface area contributed by atoms with Crippen LogP contribution in [-0.4, -0.2) is 36.5 Å². The minimum absolute atomic E-state index is 0. The van der Waals surface area contributed by atoms with Crippen LogP contribution in [0.3, 0.4) is 0 Å². The Balaban J connectivity index is 0.00000256. The Labute approximate surface area is 115 Å². The van der Waals surface area contributed by atoms with Crippen LogP contribution in [-0.2, 0) is 4.79 Å². The van der Waals surface area contributed by atoms with Gasteiger partial charge in [-0.2, -0.15) is 11.8 Å². The standard InChI is InChI=1S/C12H24N2OS.ClH/c1-10(2)9-16-8-4-7-14-12(15)11-5-3-6-13-11;/h10-11,13H,3-9H2,1-2H3,(H,14,15);1H. The van der Waals surface area contributed by atoms with E-state index in [0.29, 0.717) is 0 Å². The normalized spacial score (nSPS) is 19.1. The van der Waals surface area contributed by atoms with Gasteiger partial charge in [0.05, 0.1) is 6.04 Å². The molecule has 1 saturated heterocycles. The molecule has 5 heteroatoms. The van der Waals surface area contributed by atoms with Gasteiger partial charge in [-0.1, -0.05) is 13.8 Å². The number of amides is 1. The first-order valence-corrected chi connectivity index (χ1v) is 7.44. The molecule has 0 aliphatic carbocycles. The molecule has 1 heterocycles. The smallest absolute Gasteiger partial charge is 0.237 e. The van der Waals surface area contributed by atoms with Crippen LogP contribution in [0.2, 0.25) is 0 Å². The summed E-state index contributed by atoms with van der Waals surface area (Å²) >= 11 is 1.98. The molecule has 1 aliphatic rings. The molecule has 1 aliphatic heterocycles. The van der Waals surface area contributed by atoms with Gasteiger partial charge in [0.1, 0.15) is 0 Å². The molecule has 1 unspecified atom stereocenters. The van der Waals surface area contributed by atoms with Gasteiger partial charge < -0.3 is 10.6 Å². The summed E-state index contributed by atoms with van der Waals surface area (Å²) in [5.74, 6) is 3.32. The number of thioether (sulfide) groups is 1. The summed E-state index contributed by atoms with van der Waals surface area (Å²) in [4.78, 5) is 11.6. The lowest BCUT2D eigenvalue weighted by molar-refractivity contribution is -0.122. The van der Waals surface area contributed by atoms with Crippen LogP contribution in [0.4, 0.5) is 0 Å². The maximum atomic E-state index is 11.6. The van der Waals surface area contributed by atoms with Crippen LogP contribution in [0.25, 0.3) is 0 Å². The third kappa shape index (κ3) is 7.90. The van der Waals surface area contributed by atoms with Crippen LogP contribution < -0.4 is 10.6 Å². The van der Waals surface area contributed by atoms with Crippen molar-refractivity contribution >= 4 is 30.1 Å². The Kier molecular flexibility index (Phi) is 10.1. The van der Waals surface area contributed by atoms with Gasteiger partial charge in [0.15, 0.2) is 0 Å². The van der Waals surface area contributed by atoms with E-state index in [1.807, 2.05) is 11.8 Å². The van der Waals surface area contributed by atoms with Crippen molar-refractivity contribution in [1.29, 1.82) is 0 Å². The lowest BCUT2D eigenvalue weighted by Gasteiger charge is -2.11. The highest BCUT2D eigenvalue weighted by Gasteiger charge is 2.20. The quantitative estimate of drug-likeness (QED) is 0.702.